The number of nitrogens with zero attached hydrogens (tertiary/aromatic N) is 2. The van der Waals surface area contributed by atoms with Crippen molar-refractivity contribution in [2.45, 2.75) is 12.8 Å². The molecule has 1 amide bonds. The van der Waals surface area contributed by atoms with E-state index in [1.165, 1.54) is 11.3 Å². The van der Waals surface area contributed by atoms with E-state index >= 15 is 0 Å². The molecule has 0 spiro atoms. The highest BCUT2D eigenvalue weighted by Gasteiger charge is 2.25. The maximum Gasteiger partial charge on any atom is 0.273 e. The number of benzene rings is 1. The average molecular weight is 421 g/mol. The summed E-state index contributed by atoms with van der Waals surface area (Å²) >= 11 is 13.5. The average Bonchev–Trinajstić information content (AvgIpc) is 3.07. The fourth-order valence-electron chi connectivity index (χ4n) is 3.00. The summed E-state index contributed by atoms with van der Waals surface area (Å²) < 4.78 is 0. The molecule has 1 aromatic heterocycles. The lowest BCUT2D eigenvalue weighted by atomic mass is 9.98. The zero-order valence-corrected chi connectivity index (χ0v) is 16.9. The van der Waals surface area contributed by atoms with Gasteiger partial charge in [0.25, 0.3) is 5.91 Å². The number of hydrogen-bond donors (Lipinski definition) is 1. The second-order valence-corrected chi connectivity index (χ2v) is 7.66. The van der Waals surface area contributed by atoms with Gasteiger partial charge in [0.1, 0.15) is 10.7 Å². The molecule has 8 heteroatoms. The van der Waals surface area contributed by atoms with Crippen molar-refractivity contribution in [2.75, 3.05) is 26.7 Å². The summed E-state index contributed by atoms with van der Waals surface area (Å²) in [5, 5.41) is 6.80. The molecule has 25 heavy (non-hydrogen) atoms. The molecule has 1 fully saturated rings. The zero-order valence-electron chi connectivity index (χ0n) is 13.8. The molecule has 2 aromatic rings. The number of rotatable bonds is 4. The third kappa shape index (κ3) is 4.86. The number of nitrogens with one attached hydrogen (secondary N) is 1. The predicted octanol–water partition coefficient (Wildman–Crippen LogP) is 4.61. The van der Waals surface area contributed by atoms with Crippen LogP contribution in [0.4, 0.5) is 0 Å². The number of hydrogen-bond acceptors (Lipinski definition) is 4. The van der Waals surface area contributed by atoms with Gasteiger partial charge in [-0.05, 0) is 44.5 Å². The molecule has 1 aliphatic heterocycles. The molecule has 136 valence electrons. The molecule has 2 heterocycles. The maximum atomic E-state index is 12.7. The van der Waals surface area contributed by atoms with Crippen molar-refractivity contribution in [3.8, 4) is 10.6 Å². The Bertz CT molecular complexity index is 736. The summed E-state index contributed by atoms with van der Waals surface area (Å²) in [7, 11) is 1.95. The summed E-state index contributed by atoms with van der Waals surface area (Å²) in [6.07, 6.45) is 2.21. The highest BCUT2D eigenvalue weighted by Crippen LogP contribution is 2.30. The lowest BCUT2D eigenvalue weighted by Crippen LogP contribution is -2.42. The predicted molar refractivity (Wildman–Crippen MR) is 107 cm³/mol. The van der Waals surface area contributed by atoms with Gasteiger partial charge >= 0.3 is 0 Å². The Morgan fingerprint density at radius 1 is 1.40 bits per heavy atom. The van der Waals surface area contributed by atoms with Gasteiger partial charge in [-0.1, -0.05) is 29.3 Å². The standard InChI is InChI=1S/C17H19Cl2N3OS.ClH/c1-20-8-11-3-2-6-22(9-11)17(23)15-10-24-16(21-15)12-4-5-13(18)14(19)7-12;/h4-5,7,10-11,20H,2-3,6,8-9H2,1H3;1H. The van der Waals surface area contributed by atoms with E-state index in [0.29, 0.717) is 21.7 Å². The maximum absolute atomic E-state index is 12.7. The summed E-state index contributed by atoms with van der Waals surface area (Å²) in [4.78, 5) is 19.1. The van der Waals surface area contributed by atoms with Crippen molar-refractivity contribution in [1.82, 2.24) is 15.2 Å². The Morgan fingerprint density at radius 2 is 2.20 bits per heavy atom. The van der Waals surface area contributed by atoms with Crippen LogP contribution < -0.4 is 5.32 Å². The third-order valence-electron chi connectivity index (χ3n) is 4.19. The number of piperidine rings is 1. The van der Waals surface area contributed by atoms with Crippen molar-refractivity contribution >= 4 is 52.9 Å². The fourth-order valence-corrected chi connectivity index (χ4v) is 4.09. The fraction of sp³-hybridized carbons (Fsp3) is 0.412. The molecular weight excluding hydrogens is 401 g/mol. The SMILES string of the molecule is CNCC1CCCN(C(=O)c2csc(-c3ccc(Cl)c(Cl)c3)n2)C1.Cl. The topological polar surface area (TPSA) is 45.2 Å². The number of halogens is 3. The number of carbonyl (C=O) groups is 1. The van der Waals surface area contributed by atoms with Gasteiger partial charge in [0.2, 0.25) is 0 Å². The van der Waals surface area contributed by atoms with Crippen LogP contribution in [0.5, 0.6) is 0 Å². The monoisotopic (exact) mass is 419 g/mol. The van der Waals surface area contributed by atoms with E-state index in [1.807, 2.05) is 23.4 Å². The van der Waals surface area contributed by atoms with Crippen LogP contribution in [0.25, 0.3) is 10.6 Å². The second-order valence-electron chi connectivity index (χ2n) is 5.98. The normalized spacial score (nSPS) is 17.2. The molecule has 1 saturated heterocycles. The van der Waals surface area contributed by atoms with Crippen molar-refractivity contribution in [3.63, 3.8) is 0 Å². The van der Waals surface area contributed by atoms with Gasteiger partial charge in [-0.2, -0.15) is 0 Å². The van der Waals surface area contributed by atoms with E-state index in [0.717, 1.165) is 43.0 Å². The molecule has 0 aliphatic carbocycles. The van der Waals surface area contributed by atoms with Crippen molar-refractivity contribution in [2.24, 2.45) is 5.92 Å². The minimum absolute atomic E-state index is 0. The van der Waals surface area contributed by atoms with Gasteiger partial charge in [-0.25, -0.2) is 4.98 Å². The first-order valence-corrected chi connectivity index (χ1v) is 9.57. The molecule has 1 N–H and O–H groups in total. The van der Waals surface area contributed by atoms with Gasteiger partial charge < -0.3 is 10.2 Å². The van der Waals surface area contributed by atoms with Crippen LogP contribution in [0.15, 0.2) is 23.6 Å². The summed E-state index contributed by atoms with van der Waals surface area (Å²) in [6, 6.07) is 5.39. The Kier molecular flexibility index (Phi) is 7.52. The van der Waals surface area contributed by atoms with E-state index in [4.69, 9.17) is 23.2 Å². The first kappa shape index (κ1) is 20.5. The lowest BCUT2D eigenvalue weighted by molar-refractivity contribution is 0.0669. The number of likely N-dealkylation sites (tertiary alicyclic amines) is 1. The van der Waals surface area contributed by atoms with Crippen LogP contribution in [0.3, 0.4) is 0 Å². The van der Waals surface area contributed by atoms with E-state index < -0.39 is 0 Å². The summed E-state index contributed by atoms with van der Waals surface area (Å²) in [5.41, 5.74) is 1.38. The van der Waals surface area contributed by atoms with E-state index in [-0.39, 0.29) is 18.3 Å². The van der Waals surface area contributed by atoms with Crippen molar-refractivity contribution < 1.29 is 4.79 Å². The summed E-state index contributed by atoms with van der Waals surface area (Å²) in [6.45, 7) is 2.54. The number of aromatic nitrogens is 1. The minimum Gasteiger partial charge on any atom is -0.337 e. The van der Waals surface area contributed by atoms with Gasteiger partial charge in [0, 0.05) is 24.0 Å². The molecule has 1 atom stereocenters. The first-order valence-electron chi connectivity index (χ1n) is 7.93. The largest absolute Gasteiger partial charge is 0.337 e. The van der Waals surface area contributed by atoms with Crippen molar-refractivity contribution in [3.05, 3.63) is 39.3 Å². The first-order chi connectivity index (χ1) is 11.6. The van der Waals surface area contributed by atoms with Gasteiger partial charge in [-0.3, -0.25) is 4.79 Å². The smallest absolute Gasteiger partial charge is 0.273 e. The van der Waals surface area contributed by atoms with E-state index in [1.54, 1.807) is 12.1 Å². The zero-order chi connectivity index (χ0) is 17.1. The van der Waals surface area contributed by atoms with E-state index in [9.17, 15) is 4.79 Å². The van der Waals surface area contributed by atoms with Crippen LogP contribution in [0.2, 0.25) is 10.0 Å². The Balaban J connectivity index is 0.00000225. The molecule has 1 aliphatic rings. The Morgan fingerprint density at radius 3 is 2.92 bits per heavy atom. The number of carbonyl (C=O) groups excluding carboxylic acids is 1. The number of amides is 1. The van der Waals surface area contributed by atoms with Crippen LogP contribution in [0.1, 0.15) is 23.3 Å². The highest BCUT2D eigenvalue weighted by molar-refractivity contribution is 7.13. The van der Waals surface area contributed by atoms with E-state index in [2.05, 4.69) is 10.3 Å². The molecule has 0 saturated carbocycles. The Hall–Kier alpha value is -0.850. The van der Waals surface area contributed by atoms with Crippen molar-refractivity contribution in [1.29, 1.82) is 0 Å². The summed E-state index contributed by atoms with van der Waals surface area (Å²) in [5.74, 6) is 0.527. The Labute approximate surface area is 167 Å². The molecular formula is C17H20Cl3N3OS. The van der Waals surface area contributed by atoms with Gasteiger partial charge in [0.15, 0.2) is 0 Å². The van der Waals surface area contributed by atoms with Crippen LogP contribution in [0, 0.1) is 5.92 Å². The van der Waals surface area contributed by atoms with Crippen LogP contribution >= 0.6 is 46.9 Å². The van der Waals surface area contributed by atoms with Gasteiger partial charge in [0.05, 0.1) is 10.0 Å². The molecule has 1 aromatic carbocycles. The molecule has 0 bridgehead atoms. The second kappa shape index (κ2) is 9.19. The van der Waals surface area contributed by atoms with Gasteiger partial charge in [-0.15, -0.1) is 23.7 Å². The minimum atomic E-state index is 0. The van der Waals surface area contributed by atoms with Crippen LogP contribution in [-0.2, 0) is 0 Å². The quantitative estimate of drug-likeness (QED) is 0.785. The molecule has 4 nitrogen and oxygen atoms in total. The molecule has 0 radical (unpaired) electrons. The van der Waals surface area contributed by atoms with Crippen LogP contribution in [-0.4, -0.2) is 42.5 Å². The number of thiazole rings is 1. The molecule has 1 unspecified atom stereocenters. The highest BCUT2D eigenvalue weighted by atomic mass is 35.5. The lowest BCUT2D eigenvalue weighted by Gasteiger charge is -2.32. The molecule has 3 rings (SSSR count). The third-order valence-corrected chi connectivity index (χ3v) is 5.82.